The van der Waals surface area contributed by atoms with E-state index in [0.29, 0.717) is 48.8 Å². The molecule has 0 unspecified atom stereocenters. The minimum absolute atomic E-state index is 0.0290. The molecule has 0 aliphatic carbocycles. The summed E-state index contributed by atoms with van der Waals surface area (Å²) in [6.07, 6.45) is 0. The lowest BCUT2D eigenvalue weighted by Gasteiger charge is -2.27. The summed E-state index contributed by atoms with van der Waals surface area (Å²) >= 11 is 0. The summed E-state index contributed by atoms with van der Waals surface area (Å²) < 4.78 is 33.5. The van der Waals surface area contributed by atoms with Crippen molar-refractivity contribution >= 4 is 33.2 Å². The SMILES string of the molecule is Cc1ccc(NS(=O)(=O)c2cccc(C(=O)Nc3cccc(C(=O)N4CCOCC4)c3C)c2)cc1. The van der Waals surface area contributed by atoms with Crippen LogP contribution in [0, 0.1) is 13.8 Å². The van der Waals surface area contributed by atoms with Gasteiger partial charge in [-0.2, -0.15) is 0 Å². The van der Waals surface area contributed by atoms with Crippen molar-refractivity contribution in [3.8, 4) is 0 Å². The van der Waals surface area contributed by atoms with E-state index in [1.807, 2.05) is 19.1 Å². The second-order valence-electron chi connectivity index (χ2n) is 8.34. The highest BCUT2D eigenvalue weighted by Crippen LogP contribution is 2.23. The third-order valence-corrected chi connectivity index (χ3v) is 7.20. The van der Waals surface area contributed by atoms with Crippen LogP contribution in [0.4, 0.5) is 11.4 Å². The summed E-state index contributed by atoms with van der Waals surface area (Å²) in [6.45, 7) is 5.73. The van der Waals surface area contributed by atoms with Crippen LogP contribution >= 0.6 is 0 Å². The molecule has 0 spiro atoms. The molecule has 0 radical (unpaired) electrons. The van der Waals surface area contributed by atoms with Crippen molar-refractivity contribution in [3.63, 3.8) is 0 Å². The van der Waals surface area contributed by atoms with E-state index in [2.05, 4.69) is 10.0 Å². The number of hydrogen-bond donors (Lipinski definition) is 2. The molecule has 0 saturated carbocycles. The molecule has 2 N–H and O–H groups in total. The number of ether oxygens (including phenoxy) is 1. The van der Waals surface area contributed by atoms with Crippen LogP contribution in [-0.4, -0.2) is 51.4 Å². The van der Waals surface area contributed by atoms with Crippen molar-refractivity contribution in [1.29, 1.82) is 0 Å². The van der Waals surface area contributed by atoms with Gasteiger partial charge in [-0.25, -0.2) is 8.42 Å². The molecule has 1 heterocycles. The quantitative estimate of drug-likeness (QED) is 0.543. The number of benzene rings is 3. The van der Waals surface area contributed by atoms with Gasteiger partial charge in [0.25, 0.3) is 21.8 Å². The number of carbonyl (C=O) groups is 2. The van der Waals surface area contributed by atoms with Gasteiger partial charge >= 0.3 is 0 Å². The summed E-state index contributed by atoms with van der Waals surface area (Å²) in [6, 6.07) is 17.9. The molecule has 1 saturated heterocycles. The number of morpholine rings is 1. The fourth-order valence-corrected chi connectivity index (χ4v) is 4.88. The molecule has 9 heteroatoms. The van der Waals surface area contributed by atoms with Gasteiger partial charge in [-0.05, 0) is 61.9 Å². The van der Waals surface area contributed by atoms with E-state index in [1.165, 1.54) is 24.3 Å². The van der Waals surface area contributed by atoms with Crippen molar-refractivity contribution in [2.75, 3.05) is 36.3 Å². The van der Waals surface area contributed by atoms with Crippen LogP contribution < -0.4 is 10.0 Å². The summed E-state index contributed by atoms with van der Waals surface area (Å²) in [5.74, 6) is -0.589. The van der Waals surface area contributed by atoms with Crippen LogP contribution in [0.1, 0.15) is 31.8 Å². The maximum absolute atomic E-state index is 13.0. The Hall–Kier alpha value is -3.69. The second-order valence-corrected chi connectivity index (χ2v) is 10.0. The summed E-state index contributed by atoms with van der Waals surface area (Å²) in [5.41, 5.74) is 3.26. The number of rotatable bonds is 6. The summed E-state index contributed by atoms with van der Waals surface area (Å²) in [7, 11) is -3.88. The molecule has 8 nitrogen and oxygen atoms in total. The van der Waals surface area contributed by atoms with Gasteiger partial charge < -0.3 is 15.0 Å². The molecule has 0 bridgehead atoms. The van der Waals surface area contributed by atoms with Crippen LogP contribution in [0.2, 0.25) is 0 Å². The molecule has 1 aliphatic rings. The van der Waals surface area contributed by atoms with E-state index in [1.54, 1.807) is 42.2 Å². The Balaban J connectivity index is 1.52. The third-order valence-electron chi connectivity index (χ3n) is 5.82. The Bertz CT molecular complexity index is 1350. The van der Waals surface area contributed by atoms with E-state index in [0.717, 1.165) is 5.56 Å². The van der Waals surface area contributed by atoms with Gasteiger partial charge in [0.2, 0.25) is 0 Å². The number of carbonyl (C=O) groups excluding carboxylic acids is 2. The molecule has 35 heavy (non-hydrogen) atoms. The number of sulfonamides is 1. The highest BCUT2D eigenvalue weighted by molar-refractivity contribution is 7.92. The number of hydrogen-bond acceptors (Lipinski definition) is 5. The molecule has 3 aromatic rings. The average Bonchev–Trinajstić information content (AvgIpc) is 2.87. The average molecular weight is 494 g/mol. The standard InChI is InChI=1S/C26H27N3O5S/c1-18-9-11-21(12-10-18)28-35(32,33)22-6-3-5-20(17-22)25(30)27-24-8-4-7-23(19(24)2)26(31)29-13-15-34-16-14-29/h3-12,17,28H,13-16H2,1-2H3,(H,27,30). The van der Waals surface area contributed by atoms with Crippen molar-refractivity contribution < 1.29 is 22.7 Å². The number of nitrogens with zero attached hydrogens (tertiary/aromatic N) is 1. The first-order valence-electron chi connectivity index (χ1n) is 11.2. The molecular weight excluding hydrogens is 466 g/mol. The molecule has 2 amide bonds. The Morgan fingerprint density at radius 2 is 1.60 bits per heavy atom. The largest absolute Gasteiger partial charge is 0.378 e. The Labute approximate surface area is 205 Å². The maximum Gasteiger partial charge on any atom is 0.261 e. The Morgan fingerprint density at radius 1 is 0.914 bits per heavy atom. The third kappa shape index (κ3) is 5.70. The van der Waals surface area contributed by atoms with Crippen molar-refractivity contribution in [2.24, 2.45) is 0 Å². The predicted molar refractivity (Wildman–Crippen MR) is 134 cm³/mol. The number of aryl methyl sites for hydroxylation is 1. The molecule has 182 valence electrons. The first kappa shape index (κ1) is 24.4. The first-order chi connectivity index (χ1) is 16.7. The topological polar surface area (TPSA) is 105 Å². The lowest BCUT2D eigenvalue weighted by atomic mass is 10.0. The van der Waals surface area contributed by atoms with E-state index in [9.17, 15) is 18.0 Å². The van der Waals surface area contributed by atoms with E-state index < -0.39 is 15.9 Å². The lowest BCUT2D eigenvalue weighted by molar-refractivity contribution is 0.0302. The highest BCUT2D eigenvalue weighted by Gasteiger charge is 2.22. The zero-order valence-electron chi connectivity index (χ0n) is 19.6. The molecule has 1 fully saturated rings. The van der Waals surface area contributed by atoms with Gasteiger partial charge in [0, 0.05) is 35.6 Å². The Kier molecular flexibility index (Phi) is 7.18. The maximum atomic E-state index is 13.0. The van der Waals surface area contributed by atoms with E-state index in [-0.39, 0.29) is 16.4 Å². The predicted octanol–water partition coefficient (Wildman–Crippen LogP) is 3.83. The highest BCUT2D eigenvalue weighted by atomic mass is 32.2. The number of amides is 2. The molecule has 0 aromatic heterocycles. The van der Waals surface area contributed by atoms with Gasteiger partial charge in [0.1, 0.15) is 0 Å². The van der Waals surface area contributed by atoms with Crippen molar-refractivity contribution in [3.05, 3.63) is 89.0 Å². The molecule has 4 rings (SSSR count). The fourth-order valence-electron chi connectivity index (χ4n) is 3.77. The van der Waals surface area contributed by atoms with Crippen LogP contribution in [0.3, 0.4) is 0 Å². The lowest BCUT2D eigenvalue weighted by Crippen LogP contribution is -2.41. The van der Waals surface area contributed by atoms with E-state index in [4.69, 9.17) is 4.74 Å². The van der Waals surface area contributed by atoms with Gasteiger partial charge in [-0.15, -0.1) is 0 Å². The van der Waals surface area contributed by atoms with Gasteiger partial charge in [0.05, 0.1) is 18.1 Å². The molecule has 1 aliphatic heterocycles. The number of nitrogens with one attached hydrogen (secondary N) is 2. The smallest absolute Gasteiger partial charge is 0.261 e. The normalized spacial score (nSPS) is 13.8. The van der Waals surface area contributed by atoms with Gasteiger partial charge in [-0.1, -0.05) is 29.8 Å². The van der Waals surface area contributed by atoms with E-state index >= 15 is 0 Å². The Morgan fingerprint density at radius 3 is 2.31 bits per heavy atom. The summed E-state index contributed by atoms with van der Waals surface area (Å²) in [5, 5.41) is 2.81. The molecule has 3 aromatic carbocycles. The van der Waals surface area contributed by atoms with Crippen LogP contribution in [0.5, 0.6) is 0 Å². The van der Waals surface area contributed by atoms with Crippen molar-refractivity contribution in [1.82, 2.24) is 4.90 Å². The first-order valence-corrected chi connectivity index (χ1v) is 12.7. The zero-order valence-corrected chi connectivity index (χ0v) is 20.4. The van der Waals surface area contributed by atoms with Gasteiger partial charge in [-0.3, -0.25) is 14.3 Å². The minimum atomic E-state index is -3.88. The number of anilines is 2. The fraction of sp³-hybridized carbons (Fsp3) is 0.231. The van der Waals surface area contributed by atoms with Crippen LogP contribution in [-0.2, 0) is 14.8 Å². The second kappa shape index (κ2) is 10.3. The minimum Gasteiger partial charge on any atom is -0.378 e. The zero-order chi connectivity index (χ0) is 25.0. The summed E-state index contributed by atoms with van der Waals surface area (Å²) in [4.78, 5) is 27.6. The van der Waals surface area contributed by atoms with Crippen LogP contribution in [0.15, 0.2) is 71.6 Å². The van der Waals surface area contributed by atoms with Crippen molar-refractivity contribution in [2.45, 2.75) is 18.7 Å². The van der Waals surface area contributed by atoms with Crippen LogP contribution in [0.25, 0.3) is 0 Å². The monoisotopic (exact) mass is 493 g/mol. The van der Waals surface area contributed by atoms with Gasteiger partial charge in [0.15, 0.2) is 0 Å². The molecule has 0 atom stereocenters. The molecular formula is C26H27N3O5S.